The summed E-state index contributed by atoms with van der Waals surface area (Å²) in [4.78, 5) is 20.5. The van der Waals surface area contributed by atoms with Gasteiger partial charge in [0, 0.05) is 6.04 Å². The second-order valence-electron chi connectivity index (χ2n) is 7.42. The summed E-state index contributed by atoms with van der Waals surface area (Å²) < 4.78 is 5.80. The number of carbonyl (C=O) groups excluding carboxylic acids is 1. The van der Waals surface area contributed by atoms with E-state index in [-0.39, 0.29) is 18.1 Å². The lowest BCUT2D eigenvalue weighted by Crippen LogP contribution is -2.40. The first-order valence-corrected chi connectivity index (χ1v) is 9.90. The number of carbonyl (C=O) groups is 1. The van der Waals surface area contributed by atoms with Crippen LogP contribution in [0, 0.1) is 0 Å². The molecule has 1 amide bonds. The average molecular weight is 388 g/mol. The van der Waals surface area contributed by atoms with Crippen LogP contribution in [0.5, 0.6) is 6.01 Å². The highest BCUT2D eigenvalue weighted by molar-refractivity contribution is 6.30. The van der Waals surface area contributed by atoms with Crippen LogP contribution in [-0.4, -0.2) is 28.0 Å². The predicted octanol–water partition coefficient (Wildman–Crippen LogP) is 4.30. The largest absolute Gasteiger partial charge is 0.460 e. The Morgan fingerprint density at radius 1 is 1.15 bits per heavy atom. The van der Waals surface area contributed by atoms with E-state index in [0.717, 1.165) is 31.2 Å². The fourth-order valence-corrected chi connectivity index (χ4v) is 3.42. The predicted molar refractivity (Wildman–Crippen MR) is 106 cm³/mol. The van der Waals surface area contributed by atoms with Crippen molar-refractivity contribution in [3.05, 3.63) is 52.8 Å². The summed E-state index contributed by atoms with van der Waals surface area (Å²) in [6.45, 7) is 4.33. The van der Waals surface area contributed by atoms with Gasteiger partial charge in [0.2, 0.25) is 5.91 Å². The Labute approximate surface area is 165 Å². The van der Waals surface area contributed by atoms with Crippen molar-refractivity contribution in [2.75, 3.05) is 0 Å². The summed E-state index contributed by atoms with van der Waals surface area (Å²) in [6.07, 6.45) is 7.12. The van der Waals surface area contributed by atoms with Gasteiger partial charge in [0.05, 0.1) is 23.8 Å². The van der Waals surface area contributed by atoms with Gasteiger partial charge in [-0.15, -0.1) is 0 Å². The molecule has 144 valence electrons. The van der Waals surface area contributed by atoms with E-state index in [0.29, 0.717) is 23.4 Å². The van der Waals surface area contributed by atoms with Crippen LogP contribution < -0.4 is 10.1 Å². The van der Waals surface area contributed by atoms with Gasteiger partial charge in [-0.05, 0) is 42.7 Å². The summed E-state index contributed by atoms with van der Waals surface area (Å²) in [5.41, 5.74) is 2.34. The van der Waals surface area contributed by atoms with E-state index in [1.54, 1.807) is 0 Å². The maximum Gasteiger partial charge on any atom is 0.316 e. The Balaban J connectivity index is 1.41. The maximum atomic E-state index is 12.3. The monoisotopic (exact) mass is 387 g/mol. The molecule has 0 saturated heterocycles. The molecule has 1 heterocycles. The van der Waals surface area contributed by atoms with Gasteiger partial charge < -0.3 is 10.1 Å². The van der Waals surface area contributed by atoms with Crippen molar-refractivity contribution in [1.82, 2.24) is 15.3 Å². The minimum Gasteiger partial charge on any atom is -0.460 e. The number of nitrogens with one attached hydrogen (secondary N) is 1. The molecule has 2 aromatic rings. The van der Waals surface area contributed by atoms with E-state index >= 15 is 0 Å². The molecule has 1 N–H and O–H groups in total. The molecule has 1 saturated carbocycles. The number of ether oxygens (including phenoxy) is 1. The second kappa shape index (κ2) is 9.18. The number of halogens is 1. The normalized spacial score (nSPS) is 19.7. The van der Waals surface area contributed by atoms with Gasteiger partial charge in [-0.1, -0.05) is 49.7 Å². The van der Waals surface area contributed by atoms with E-state index in [9.17, 15) is 4.79 Å². The molecule has 1 aromatic carbocycles. The Kier molecular flexibility index (Phi) is 6.67. The zero-order chi connectivity index (χ0) is 19.2. The summed E-state index contributed by atoms with van der Waals surface area (Å²) in [6, 6.07) is 8.87. The van der Waals surface area contributed by atoms with Gasteiger partial charge in [0.25, 0.3) is 0 Å². The molecule has 0 atom stereocenters. The first-order valence-electron chi connectivity index (χ1n) is 9.52. The second-order valence-corrected chi connectivity index (χ2v) is 7.85. The fourth-order valence-electron chi connectivity index (χ4n) is 3.32. The molecule has 1 fully saturated rings. The fraction of sp³-hybridized carbons (Fsp3) is 0.476. The molecule has 0 bridgehead atoms. The quantitative estimate of drug-likeness (QED) is 0.802. The van der Waals surface area contributed by atoms with Crippen molar-refractivity contribution in [2.24, 2.45) is 0 Å². The molecule has 0 radical (unpaired) electrons. The summed E-state index contributed by atoms with van der Waals surface area (Å²) in [5.74, 6) is 0.584. The van der Waals surface area contributed by atoms with Crippen LogP contribution >= 0.6 is 11.6 Å². The third kappa shape index (κ3) is 5.93. The number of hydrogen-bond acceptors (Lipinski definition) is 4. The van der Waals surface area contributed by atoms with Crippen LogP contribution in [-0.2, 0) is 11.2 Å². The molecule has 0 unspecified atom stereocenters. The molecule has 1 aliphatic rings. The highest BCUT2D eigenvalue weighted by atomic mass is 35.5. The lowest BCUT2D eigenvalue weighted by atomic mass is 9.92. The van der Waals surface area contributed by atoms with Crippen LogP contribution in [0.2, 0.25) is 5.02 Å². The number of aromatic nitrogens is 2. The van der Waals surface area contributed by atoms with Crippen LogP contribution in [0.1, 0.15) is 56.6 Å². The van der Waals surface area contributed by atoms with Gasteiger partial charge in [-0.3, -0.25) is 4.79 Å². The van der Waals surface area contributed by atoms with Gasteiger partial charge in [0.15, 0.2) is 0 Å². The lowest BCUT2D eigenvalue weighted by Gasteiger charge is -2.28. The first kappa shape index (κ1) is 19.6. The Bertz CT molecular complexity index is 739. The SMILES string of the molecule is CC(C)c1ccc(CC(=O)NC2CCC(Oc3ncc(Cl)cn3)CC2)cc1. The van der Waals surface area contributed by atoms with E-state index < -0.39 is 0 Å². The number of hydrogen-bond donors (Lipinski definition) is 1. The molecule has 3 rings (SSSR count). The standard InChI is InChI=1S/C21H26ClN3O2/c1-14(2)16-5-3-15(4-6-16)11-20(26)25-18-7-9-19(10-8-18)27-21-23-12-17(22)13-24-21/h3-6,12-14,18-19H,7-11H2,1-2H3,(H,25,26). The third-order valence-electron chi connectivity index (χ3n) is 4.92. The number of benzene rings is 1. The summed E-state index contributed by atoms with van der Waals surface area (Å²) in [5, 5.41) is 3.65. The highest BCUT2D eigenvalue weighted by Crippen LogP contribution is 2.22. The topological polar surface area (TPSA) is 64.1 Å². The van der Waals surface area contributed by atoms with E-state index in [1.807, 2.05) is 12.1 Å². The summed E-state index contributed by atoms with van der Waals surface area (Å²) in [7, 11) is 0. The van der Waals surface area contributed by atoms with Crippen LogP contribution in [0.3, 0.4) is 0 Å². The van der Waals surface area contributed by atoms with Gasteiger partial charge in [0.1, 0.15) is 6.10 Å². The minimum absolute atomic E-state index is 0.0812. The van der Waals surface area contributed by atoms with Crippen molar-refractivity contribution < 1.29 is 9.53 Å². The third-order valence-corrected chi connectivity index (χ3v) is 5.11. The molecule has 5 nitrogen and oxygen atoms in total. The van der Waals surface area contributed by atoms with E-state index in [1.165, 1.54) is 18.0 Å². The van der Waals surface area contributed by atoms with Crippen LogP contribution in [0.15, 0.2) is 36.7 Å². The Morgan fingerprint density at radius 2 is 1.78 bits per heavy atom. The Hall–Kier alpha value is -2.14. The lowest BCUT2D eigenvalue weighted by molar-refractivity contribution is -0.121. The van der Waals surface area contributed by atoms with Crippen molar-refractivity contribution in [1.29, 1.82) is 0 Å². The van der Waals surface area contributed by atoms with Crippen LogP contribution in [0.4, 0.5) is 0 Å². The number of amides is 1. The van der Waals surface area contributed by atoms with E-state index in [4.69, 9.17) is 16.3 Å². The molecule has 1 aromatic heterocycles. The van der Waals surface area contributed by atoms with Crippen molar-refractivity contribution in [3.63, 3.8) is 0 Å². The van der Waals surface area contributed by atoms with Crippen molar-refractivity contribution >= 4 is 17.5 Å². The van der Waals surface area contributed by atoms with Gasteiger partial charge >= 0.3 is 6.01 Å². The van der Waals surface area contributed by atoms with Gasteiger partial charge in [-0.2, -0.15) is 0 Å². The minimum atomic E-state index is 0.0812. The average Bonchev–Trinajstić information content (AvgIpc) is 2.65. The molecule has 0 aliphatic heterocycles. The maximum absolute atomic E-state index is 12.3. The smallest absolute Gasteiger partial charge is 0.316 e. The number of nitrogens with zero attached hydrogens (tertiary/aromatic N) is 2. The highest BCUT2D eigenvalue weighted by Gasteiger charge is 2.24. The summed E-state index contributed by atoms with van der Waals surface area (Å²) >= 11 is 5.78. The Morgan fingerprint density at radius 3 is 2.37 bits per heavy atom. The molecule has 0 spiro atoms. The zero-order valence-electron chi connectivity index (χ0n) is 15.8. The zero-order valence-corrected chi connectivity index (χ0v) is 16.6. The molecular formula is C21H26ClN3O2. The van der Waals surface area contributed by atoms with Crippen molar-refractivity contribution in [3.8, 4) is 6.01 Å². The van der Waals surface area contributed by atoms with Crippen molar-refractivity contribution in [2.45, 2.75) is 64.0 Å². The molecular weight excluding hydrogens is 362 g/mol. The van der Waals surface area contributed by atoms with E-state index in [2.05, 4.69) is 41.3 Å². The van der Waals surface area contributed by atoms with Gasteiger partial charge in [-0.25, -0.2) is 9.97 Å². The molecule has 27 heavy (non-hydrogen) atoms. The number of rotatable bonds is 6. The molecule has 1 aliphatic carbocycles. The first-order chi connectivity index (χ1) is 13.0. The van der Waals surface area contributed by atoms with Crippen LogP contribution in [0.25, 0.3) is 0 Å². The molecule has 6 heteroatoms.